The van der Waals surface area contributed by atoms with Gasteiger partial charge in [-0.2, -0.15) is 23.3 Å². The molecule has 0 aromatic carbocycles. The lowest BCUT2D eigenvalue weighted by Gasteiger charge is -2.21. The van der Waals surface area contributed by atoms with Gasteiger partial charge in [-0.05, 0) is 30.3 Å². The van der Waals surface area contributed by atoms with Gasteiger partial charge in [-0.15, -0.1) is 16.4 Å². The first-order chi connectivity index (χ1) is 16.5. The molecule has 0 atom stereocenters. The molecule has 0 aliphatic heterocycles. The first-order valence-corrected chi connectivity index (χ1v) is 10.6. The summed E-state index contributed by atoms with van der Waals surface area (Å²) in [5.74, 6) is -0.506. The Hall–Kier alpha value is -4.26. The van der Waals surface area contributed by atoms with Gasteiger partial charge in [0, 0.05) is 29.0 Å². The number of rotatable bonds is 6. The Labute approximate surface area is 194 Å². The average molecular weight is 482 g/mol. The Bertz CT molecular complexity index is 1390. The van der Waals surface area contributed by atoms with Crippen LogP contribution in [0.3, 0.4) is 0 Å². The molecule has 0 N–H and O–H groups in total. The summed E-state index contributed by atoms with van der Waals surface area (Å²) in [6.07, 6.45) is 3.28. The Morgan fingerprint density at radius 2 is 1.88 bits per heavy atom. The van der Waals surface area contributed by atoms with Crippen molar-refractivity contribution < 1.29 is 17.7 Å². The van der Waals surface area contributed by atoms with Crippen LogP contribution < -0.4 is 4.90 Å². The molecule has 0 aliphatic rings. The Morgan fingerprint density at radius 3 is 2.62 bits per heavy atom. The Morgan fingerprint density at radius 1 is 0.971 bits per heavy atom. The maximum Gasteiger partial charge on any atom is 0.471 e. The molecule has 170 valence electrons. The van der Waals surface area contributed by atoms with Crippen LogP contribution in [-0.2, 0) is 12.7 Å². The summed E-state index contributed by atoms with van der Waals surface area (Å²) in [5.41, 5.74) is 1.49. The molecule has 5 rings (SSSR count). The molecule has 0 fully saturated rings. The summed E-state index contributed by atoms with van der Waals surface area (Å²) in [7, 11) is 0. The standard InChI is InChI=1S/C21H13F3N8OS/c22-21(23,24)20-29-19(31-33-20)16-5-4-14(34-16)12-32(18-11-25-7-8-27-18)17-9-13(10-28-30-17)15-3-1-2-6-26-15/h1-11H,12H2. The highest BCUT2D eigenvalue weighted by Gasteiger charge is 2.38. The average Bonchev–Trinajstić information content (AvgIpc) is 3.54. The summed E-state index contributed by atoms with van der Waals surface area (Å²) < 4.78 is 42.7. The largest absolute Gasteiger partial charge is 0.471 e. The molecule has 0 amide bonds. The SMILES string of the molecule is FC(F)(F)c1nc(-c2ccc(CN(c3cnccn3)c3cc(-c4ccccn4)cnn3)s2)no1. The molecule has 13 heteroatoms. The predicted molar refractivity (Wildman–Crippen MR) is 116 cm³/mol. The zero-order valence-corrected chi connectivity index (χ0v) is 17.9. The van der Waals surface area contributed by atoms with Crippen LogP contribution >= 0.6 is 11.3 Å². The fourth-order valence-corrected chi connectivity index (χ4v) is 3.97. The second kappa shape index (κ2) is 8.94. The highest BCUT2D eigenvalue weighted by atomic mass is 32.1. The Balaban J connectivity index is 1.47. The number of anilines is 2. The Kier molecular flexibility index (Phi) is 5.67. The highest BCUT2D eigenvalue weighted by molar-refractivity contribution is 7.15. The molecule has 5 aromatic rings. The third-order valence-corrected chi connectivity index (χ3v) is 5.64. The van der Waals surface area contributed by atoms with Gasteiger partial charge in [0.15, 0.2) is 11.6 Å². The number of alkyl halides is 3. The van der Waals surface area contributed by atoms with E-state index < -0.39 is 12.1 Å². The van der Waals surface area contributed by atoms with Crippen molar-refractivity contribution in [3.05, 3.63) is 78.2 Å². The summed E-state index contributed by atoms with van der Waals surface area (Å²) in [6, 6.07) is 10.8. The number of nitrogens with zero attached hydrogens (tertiary/aromatic N) is 8. The molecular weight excluding hydrogens is 469 g/mol. The quantitative estimate of drug-likeness (QED) is 0.337. The first kappa shape index (κ1) is 21.6. The zero-order valence-electron chi connectivity index (χ0n) is 17.1. The van der Waals surface area contributed by atoms with Gasteiger partial charge in [-0.25, -0.2) is 4.98 Å². The lowest BCUT2D eigenvalue weighted by molar-refractivity contribution is -0.159. The fraction of sp³-hybridized carbons (Fsp3) is 0.0952. The molecule has 0 aliphatic carbocycles. The van der Waals surface area contributed by atoms with Crippen LogP contribution in [0.25, 0.3) is 22.0 Å². The van der Waals surface area contributed by atoms with E-state index in [4.69, 9.17) is 0 Å². The maximum absolute atomic E-state index is 12.8. The van der Waals surface area contributed by atoms with Crippen molar-refractivity contribution in [2.45, 2.75) is 12.7 Å². The molecule has 34 heavy (non-hydrogen) atoms. The van der Waals surface area contributed by atoms with E-state index in [2.05, 4.69) is 39.8 Å². The van der Waals surface area contributed by atoms with Crippen molar-refractivity contribution in [2.24, 2.45) is 0 Å². The van der Waals surface area contributed by atoms with Crippen LogP contribution in [-0.4, -0.2) is 35.3 Å². The van der Waals surface area contributed by atoms with Gasteiger partial charge < -0.3 is 9.42 Å². The van der Waals surface area contributed by atoms with Crippen molar-refractivity contribution >= 4 is 23.0 Å². The number of halogens is 3. The second-order valence-corrected chi connectivity index (χ2v) is 8.02. The van der Waals surface area contributed by atoms with E-state index in [0.29, 0.717) is 23.1 Å². The molecule has 0 saturated carbocycles. The molecule has 0 bridgehead atoms. The van der Waals surface area contributed by atoms with Crippen LogP contribution in [0, 0.1) is 0 Å². The van der Waals surface area contributed by atoms with Gasteiger partial charge >= 0.3 is 12.1 Å². The second-order valence-electron chi connectivity index (χ2n) is 6.85. The van der Waals surface area contributed by atoms with Crippen LogP contribution in [0.15, 0.2) is 71.9 Å². The molecule has 5 aromatic heterocycles. The molecule has 0 radical (unpaired) electrons. The highest BCUT2D eigenvalue weighted by Crippen LogP contribution is 2.33. The summed E-state index contributed by atoms with van der Waals surface area (Å²) in [6.45, 7) is 0.299. The number of pyridine rings is 1. The molecule has 0 unspecified atom stereocenters. The topological polar surface area (TPSA) is 107 Å². The van der Waals surface area contributed by atoms with E-state index in [1.54, 1.807) is 48.0 Å². The van der Waals surface area contributed by atoms with Gasteiger partial charge in [0.05, 0.1) is 29.5 Å². The van der Waals surface area contributed by atoms with Gasteiger partial charge in [0.1, 0.15) is 0 Å². The van der Waals surface area contributed by atoms with Crippen molar-refractivity contribution in [1.29, 1.82) is 0 Å². The van der Waals surface area contributed by atoms with E-state index in [1.165, 1.54) is 11.3 Å². The van der Waals surface area contributed by atoms with E-state index in [0.717, 1.165) is 16.1 Å². The van der Waals surface area contributed by atoms with E-state index in [9.17, 15) is 13.2 Å². The van der Waals surface area contributed by atoms with Crippen LogP contribution in [0.2, 0.25) is 0 Å². The normalized spacial score (nSPS) is 11.5. The monoisotopic (exact) mass is 482 g/mol. The van der Waals surface area contributed by atoms with E-state index in [1.807, 2.05) is 24.3 Å². The minimum absolute atomic E-state index is 0.133. The lowest BCUT2D eigenvalue weighted by atomic mass is 10.2. The summed E-state index contributed by atoms with van der Waals surface area (Å²) in [4.78, 5) is 19.3. The zero-order chi connectivity index (χ0) is 23.5. The third kappa shape index (κ3) is 4.59. The molecular formula is C21H13F3N8OS. The molecule has 5 heterocycles. The fourth-order valence-electron chi connectivity index (χ4n) is 3.05. The maximum atomic E-state index is 12.8. The van der Waals surface area contributed by atoms with Crippen LogP contribution in [0.5, 0.6) is 0 Å². The minimum Gasteiger partial charge on any atom is -0.329 e. The van der Waals surface area contributed by atoms with Gasteiger partial charge in [-0.3, -0.25) is 9.97 Å². The molecule has 9 nitrogen and oxygen atoms in total. The molecule has 0 spiro atoms. The van der Waals surface area contributed by atoms with Crippen molar-refractivity contribution in [3.8, 4) is 22.0 Å². The van der Waals surface area contributed by atoms with Crippen molar-refractivity contribution in [1.82, 2.24) is 35.3 Å². The predicted octanol–water partition coefficient (Wildman–Crippen LogP) is 4.80. The van der Waals surface area contributed by atoms with E-state index >= 15 is 0 Å². The minimum atomic E-state index is -4.70. The van der Waals surface area contributed by atoms with E-state index in [-0.39, 0.29) is 5.82 Å². The number of thiophene rings is 1. The third-order valence-electron chi connectivity index (χ3n) is 4.57. The number of hydrogen-bond donors (Lipinski definition) is 0. The van der Waals surface area contributed by atoms with Crippen LogP contribution in [0.1, 0.15) is 10.8 Å². The number of hydrogen-bond acceptors (Lipinski definition) is 10. The lowest BCUT2D eigenvalue weighted by Crippen LogP contribution is -2.19. The summed E-state index contributed by atoms with van der Waals surface area (Å²) in [5, 5.41) is 11.8. The van der Waals surface area contributed by atoms with Gasteiger partial charge in [-0.1, -0.05) is 11.2 Å². The first-order valence-electron chi connectivity index (χ1n) is 9.75. The smallest absolute Gasteiger partial charge is 0.329 e. The van der Waals surface area contributed by atoms with Crippen LogP contribution in [0.4, 0.5) is 24.8 Å². The van der Waals surface area contributed by atoms with Gasteiger partial charge in [0.25, 0.3) is 0 Å². The van der Waals surface area contributed by atoms with Crippen molar-refractivity contribution in [2.75, 3.05) is 4.90 Å². The molecule has 0 saturated heterocycles. The van der Waals surface area contributed by atoms with Gasteiger partial charge in [0.2, 0.25) is 5.82 Å². The van der Waals surface area contributed by atoms with Crippen molar-refractivity contribution in [3.63, 3.8) is 0 Å². The summed E-state index contributed by atoms with van der Waals surface area (Å²) >= 11 is 1.23. The number of aromatic nitrogens is 7.